The largest absolute Gasteiger partial charge is 0.384 e. The van der Waals surface area contributed by atoms with Gasteiger partial charge in [-0.2, -0.15) is 0 Å². The van der Waals surface area contributed by atoms with Crippen molar-refractivity contribution >= 4 is 10.9 Å². The van der Waals surface area contributed by atoms with E-state index in [0.717, 1.165) is 17.9 Å². The van der Waals surface area contributed by atoms with Crippen LogP contribution in [0.5, 0.6) is 0 Å². The fraction of sp³-hybridized carbons (Fsp3) is 0.458. The molecule has 1 fully saturated rings. The molecular formula is C24H29N3O. The van der Waals surface area contributed by atoms with Crippen LogP contribution in [0.25, 0.3) is 10.9 Å². The highest BCUT2D eigenvalue weighted by molar-refractivity contribution is 5.87. The van der Waals surface area contributed by atoms with E-state index >= 15 is 0 Å². The van der Waals surface area contributed by atoms with E-state index in [1.165, 1.54) is 47.1 Å². The highest BCUT2D eigenvalue weighted by atomic mass is 16.3. The highest BCUT2D eigenvalue weighted by Gasteiger charge is 2.38. The number of hydrogen-bond donors (Lipinski definition) is 1. The van der Waals surface area contributed by atoms with E-state index in [1.54, 1.807) is 12.4 Å². The molecule has 4 nitrogen and oxygen atoms in total. The summed E-state index contributed by atoms with van der Waals surface area (Å²) >= 11 is 0. The molecule has 1 aromatic carbocycles. The van der Waals surface area contributed by atoms with Gasteiger partial charge < -0.3 is 9.67 Å². The summed E-state index contributed by atoms with van der Waals surface area (Å²) in [6, 6.07) is 11.1. The number of fused-ring (bicyclic) bond motifs is 6. The predicted molar refractivity (Wildman–Crippen MR) is 112 cm³/mol. The molecule has 3 atom stereocenters. The van der Waals surface area contributed by atoms with Crippen molar-refractivity contribution in [2.75, 3.05) is 13.6 Å². The Morgan fingerprint density at radius 3 is 2.93 bits per heavy atom. The van der Waals surface area contributed by atoms with E-state index < -0.39 is 5.60 Å². The number of aryl methyl sites for hydroxylation is 1. The maximum absolute atomic E-state index is 11.4. The predicted octanol–water partition coefficient (Wildman–Crippen LogP) is 4.19. The van der Waals surface area contributed by atoms with Gasteiger partial charge in [-0.05, 0) is 69.8 Å². The van der Waals surface area contributed by atoms with Crippen LogP contribution in [0.4, 0.5) is 0 Å². The van der Waals surface area contributed by atoms with Gasteiger partial charge in [0.25, 0.3) is 0 Å². The number of likely N-dealkylation sites (tertiary alicyclic amines) is 1. The fourth-order valence-electron chi connectivity index (χ4n) is 5.44. The Balaban J connectivity index is 1.69. The normalized spacial score (nSPS) is 24.1. The third kappa shape index (κ3) is 2.78. The lowest BCUT2D eigenvalue weighted by Crippen LogP contribution is -2.29. The average molecular weight is 376 g/mol. The zero-order valence-corrected chi connectivity index (χ0v) is 17.0. The molecule has 3 heterocycles. The van der Waals surface area contributed by atoms with E-state index in [0.29, 0.717) is 12.6 Å². The standard InChI is InChI=1S/C24H29N3O/c1-16-6-8-20-19(11-16)23-21(9-7-17-12-22(23)26(3)14-17)27(20)15-24(2,28)18-5-4-10-25-13-18/h4-6,8,10-11,13,17,22,28H,7,9,12,14-15H2,1-3H3. The molecule has 1 saturated heterocycles. The van der Waals surface area contributed by atoms with Crippen LogP contribution in [0, 0.1) is 12.8 Å². The summed E-state index contributed by atoms with van der Waals surface area (Å²) in [5.74, 6) is 0.787. The minimum Gasteiger partial charge on any atom is -0.384 e. The van der Waals surface area contributed by atoms with Gasteiger partial charge in [0.1, 0.15) is 5.60 Å². The van der Waals surface area contributed by atoms with Gasteiger partial charge in [-0.25, -0.2) is 0 Å². The second-order valence-corrected chi connectivity index (χ2v) is 9.08. The van der Waals surface area contributed by atoms with Gasteiger partial charge >= 0.3 is 0 Å². The van der Waals surface area contributed by atoms with E-state index in [2.05, 4.69) is 46.6 Å². The van der Waals surface area contributed by atoms with Crippen LogP contribution in [0.3, 0.4) is 0 Å². The summed E-state index contributed by atoms with van der Waals surface area (Å²) in [4.78, 5) is 6.76. The topological polar surface area (TPSA) is 41.3 Å². The van der Waals surface area contributed by atoms with Crippen LogP contribution < -0.4 is 0 Å². The molecule has 1 N–H and O–H groups in total. The highest BCUT2D eigenvalue weighted by Crippen LogP contribution is 2.46. The van der Waals surface area contributed by atoms with Crippen molar-refractivity contribution in [2.45, 2.75) is 51.3 Å². The molecule has 1 aliphatic heterocycles. The number of aromatic nitrogens is 2. The van der Waals surface area contributed by atoms with Crippen molar-refractivity contribution in [1.82, 2.24) is 14.5 Å². The quantitative estimate of drug-likeness (QED) is 0.746. The molecule has 2 aromatic heterocycles. The number of pyridine rings is 1. The number of nitrogens with zero attached hydrogens (tertiary/aromatic N) is 3. The monoisotopic (exact) mass is 375 g/mol. The smallest absolute Gasteiger partial charge is 0.106 e. The van der Waals surface area contributed by atoms with Crippen LogP contribution in [0.15, 0.2) is 42.7 Å². The van der Waals surface area contributed by atoms with Crippen LogP contribution in [0.2, 0.25) is 0 Å². The van der Waals surface area contributed by atoms with Gasteiger partial charge in [0, 0.05) is 47.1 Å². The molecule has 1 aliphatic carbocycles. The molecule has 146 valence electrons. The summed E-state index contributed by atoms with van der Waals surface area (Å²) in [5.41, 5.74) is 5.37. The molecule has 0 radical (unpaired) electrons. The van der Waals surface area contributed by atoms with Crippen molar-refractivity contribution in [3.8, 4) is 0 Å². The first-order valence-electron chi connectivity index (χ1n) is 10.4. The molecule has 0 spiro atoms. The van der Waals surface area contributed by atoms with Crippen LogP contribution in [-0.4, -0.2) is 33.1 Å². The minimum atomic E-state index is -0.962. The maximum atomic E-state index is 11.4. The summed E-state index contributed by atoms with van der Waals surface area (Å²) in [7, 11) is 2.27. The minimum absolute atomic E-state index is 0.497. The first-order valence-corrected chi connectivity index (χ1v) is 10.4. The summed E-state index contributed by atoms with van der Waals surface area (Å²) in [6.07, 6.45) is 7.13. The first kappa shape index (κ1) is 17.9. The molecule has 3 aromatic rings. The summed E-state index contributed by atoms with van der Waals surface area (Å²) in [5, 5.41) is 12.7. The first-order chi connectivity index (χ1) is 13.4. The lowest BCUT2D eigenvalue weighted by molar-refractivity contribution is 0.0383. The number of benzene rings is 1. The number of rotatable bonds is 3. The van der Waals surface area contributed by atoms with E-state index in [9.17, 15) is 5.11 Å². The van der Waals surface area contributed by atoms with Gasteiger partial charge in [0.15, 0.2) is 0 Å². The second-order valence-electron chi connectivity index (χ2n) is 9.08. The van der Waals surface area contributed by atoms with Crippen molar-refractivity contribution in [1.29, 1.82) is 0 Å². The van der Waals surface area contributed by atoms with Crippen molar-refractivity contribution < 1.29 is 5.11 Å². The van der Waals surface area contributed by atoms with E-state index in [1.807, 2.05) is 19.1 Å². The van der Waals surface area contributed by atoms with Gasteiger partial charge in [0.2, 0.25) is 0 Å². The number of aliphatic hydroxyl groups is 1. The Morgan fingerprint density at radius 1 is 1.29 bits per heavy atom. The molecule has 28 heavy (non-hydrogen) atoms. The Kier molecular flexibility index (Phi) is 4.11. The zero-order valence-electron chi connectivity index (χ0n) is 17.0. The van der Waals surface area contributed by atoms with E-state index in [-0.39, 0.29) is 0 Å². The zero-order chi connectivity index (χ0) is 19.5. The van der Waals surface area contributed by atoms with Crippen molar-refractivity contribution in [3.63, 3.8) is 0 Å². The SMILES string of the molecule is Cc1ccc2c(c1)c1c(n2CC(C)(O)c2cccnc2)CCC2CC1N(C)C2. The molecule has 0 saturated carbocycles. The molecule has 4 heteroatoms. The van der Waals surface area contributed by atoms with Crippen molar-refractivity contribution in [2.24, 2.45) is 5.92 Å². The Labute approximate surface area is 166 Å². The van der Waals surface area contributed by atoms with Crippen LogP contribution in [-0.2, 0) is 18.6 Å². The molecule has 3 unspecified atom stereocenters. The Morgan fingerprint density at radius 2 is 2.14 bits per heavy atom. The third-order valence-electron chi connectivity index (χ3n) is 6.88. The molecule has 2 bridgehead atoms. The third-order valence-corrected chi connectivity index (χ3v) is 6.88. The summed E-state index contributed by atoms with van der Waals surface area (Å²) in [6.45, 7) is 5.84. The van der Waals surface area contributed by atoms with E-state index in [4.69, 9.17) is 0 Å². The van der Waals surface area contributed by atoms with Crippen LogP contribution >= 0.6 is 0 Å². The average Bonchev–Trinajstić information content (AvgIpc) is 3.08. The van der Waals surface area contributed by atoms with Gasteiger partial charge in [-0.1, -0.05) is 17.7 Å². The maximum Gasteiger partial charge on any atom is 0.106 e. The molecular weight excluding hydrogens is 346 g/mol. The molecule has 2 aliphatic rings. The lowest BCUT2D eigenvalue weighted by Gasteiger charge is -2.27. The fourth-order valence-corrected chi connectivity index (χ4v) is 5.44. The van der Waals surface area contributed by atoms with Crippen molar-refractivity contribution in [3.05, 3.63) is 65.1 Å². The van der Waals surface area contributed by atoms with Gasteiger partial charge in [-0.15, -0.1) is 0 Å². The lowest BCUT2D eigenvalue weighted by atomic mass is 9.97. The van der Waals surface area contributed by atoms with Crippen LogP contribution in [0.1, 0.15) is 48.2 Å². The molecule has 0 amide bonds. The van der Waals surface area contributed by atoms with Gasteiger partial charge in [-0.3, -0.25) is 9.88 Å². The Bertz CT molecular complexity index is 1020. The number of hydrogen-bond acceptors (Lipinski definition) is 3. The summed E-state index contributed by atoms with van der Waals surface area (Å²) < 4.78 is 2.39. The molecule has 5 rings (SSSR count). The van der Waals surface area contributed by atoms with Gasteiger partial charge in [0.05, 0.1) is 6.54 Å². The second kappa shape index (κ2) is 6.43. The Hall–Kier alpha value is -2.17.